The predicted molar refractivity (Wildman–Crippen MR) is 114 cm³/mol. The van der Waals surface area contributed by atoms with Crippen molar-refractivity contribution in [2.45, 2.75) is 0 Å². The van der Waals surface area contributed by atoms with Crippen LogP contribution < -0.4 is 26.0 Å². The standard InChI is InChI=1S/C20H13Cl2N7/c21-13-2-3-14(16(22)9-13)20-28-18-15(5-6-25-18)19(29-20)26-8-7-24-17-4-1-12(10-23)11-27-17/h1-6,9,11H,7-8H2,(H,24,27)/p+1. The second-order valence-corrected chi connectivity index (χ2v) is 6.94. The minimum Gasteiger partial charge on any atom is -0.368 e. The van der Waals surface area contributed by atoms with Gasteiger partial charge in [0.2, 0.25) is 0 Å². The molecule has 1 aromatic carbocycles. The zero-order valence-electron chi connectivity index (χ0n) is 15.0. The van der Waals surface area contributed by atoms with Crippen molar-refractivity contribution < 1.29 is 0 Å². The van der Waals surface area contributed by atoms with E-state index in [2.05, 4.69) is 30.3 Å². The summed E-state index contributed by atoms with van der Waals surface area (Å²) in [6.45, 7) is 1.20. The molecule has 142 valence electrons. The first-order valence-corrected chi connectivity index (χ1v) is 9.48. The average molecular weight is 423 g/mol. The van der Waals surface area contributed by atoms with Crippen LogP contribution in [0.25, 0.3) is 17.5 Å². The smallest absolute Gasteiger partial charge is 0.368 e. The molecule has 2 N–H and O–H groups in total. The number of aromatic nitrogens is 3. The second-order valence-electron chi connectivity index (χ2n) is 6.10. The molecule has 9 heteroatoms. The van der Waals surface area contributed by atoms with Crippen LogP contribution in [0.2, 0.25) is 10.0 Å². The van der Waals surface area contributed by atoms with Gasteiger partial charge in [-0.25, -0.2) is 9.65 Å². The molecule has 29 heavy (non-hydrogen) atoms. The summed E-state index contributed by atoms with van der Waals surface area (Å²) in [7, 11) is 0. The Balaban J connectivity index is 1.51. The van der Waals surface area contributed by atoms with E-state index >= 15 is 0 Å². The lowest BCUT2D eigenvalue weighted by molar-refractivity contribution is 1.01. The fourth-order valence-corrected chi connectivity index (χ4v) is 3.25. The van der Waals surface area contributed by atoms with Gasteiger partial charge in [-0.1, -0.05) is 23.2 Å². The van der Waals surface area contributed by atoms with Crippen LogP contribution in [0.4, 0.5) is 11.6 Å². The summed E-state index contributed by atoms with van der Waals surface area (Å²) >= 11 is 12.3. The van der Waals surface area contributed by atoms with E-state index in [-0.39, 0.29) is 0 Å². The molecule has 0 radical (unpaired) electrons. The third-order valence-electron chi connectivity index (χ3n) is 4.15. The van der Waals surface area contributed by atoms with Gasteiger partial charge in [-0.2, -0.15) is 10.2 Å². The van der Waals surface area contributed by atoms with Crippen LogP contribution in [0.5, 0.6) is 0 Å². The molecule has 0 amide bonds. The highest BCUT2D eigenvalue weighted by molar-refractivity contribution is 6.36. The maximum absolute atomic E-state index is 8.82. The molecule has 0 bridgehead atoms. The van der Waals surface area contributed by atoms with Gasteiger partial charge in [-0.05, 0) is 35.3 Å². The highest BCUT2D eigenvalue weighted by Crippen LogP contribution is 2.27. The van der Waals surface area contributed by atoms with Crippen molar-refractivity contribution in [1.29, 1.82) is 5.26 Å². The van der Waals surface area contributed by atoms with Gasteiger partial charge in [-0.15, -0.1) is 0 Å². The van der Waals surface area contributed by atoms with E-state index in [9.17, 15) is 0 Å². The lowest BCUT2D eigenvalue weighted by Crippen LogP contribution is -2.34. The van der Waals surface area contributed by atoms with Crippen LogP contribution in [0.15, 0.2) is 36.5 Å². The third kappa shape index (κ3) is 4.20. The number of nitrogens with zero attached hydrogens (tertiary/aromatic N) is 5. The first-order valence-electron chi connectivity index (χ1n) is 8.73. The number of nitriles is 1. The maximum Gasteiger partial charge on any atom is 0.428 e. The predicted octanol–water partition coefficient (Wildman–Crippen LogP) is 1.79. The molecule has 1 aliphatic rings. The number of rotatable bonds is 6. The molecule has 0 fully saturated rings. The van der Waals surface area contributed by atoms with Crippen molar-refractivity contribution in [2.24, 2.45) is 0 Å². The summed E-state index contributed by atoms with van der Waals surface area (Å²) in [5.41, 5.74) is 1.79. The summed E-state index contributed by atoms with van der Waals surface area (Å²) < 4.78 is 4.29. The van der Waals surface area contributed by atoms with Crippen molar-refractivity contribution >= 4 is 47.1 Å². The molecule has 0 saturated carbocycles. The molecule has 1 aliphatic heterocycles. The fraction of sp³-hybridized carbons (Fsp3) is 0.100. The van der Waals surface area contributed by atoms with E-state index in [1.165, 1.54) is 6.20 Å². The van der Waals surface area contributed by atoms with Gasteiger partial charge in [0.15, 0.2) is 6.21 Å². The van der Waals surface area contributed by atoms with E-state index in [1.54, 1.807) is 36.5 Å². The molecule has 0 unspecified atom stereocenters. The molecule has 0 spiro atoms. The van der Waals surface area contributed by atoms with E-state index in [1.807, 2.05) is 12.1 Å². The number of hydrogen-bond acceptors (Lipinski definition) is 6. The lowest BCUT2D eigenvalue weighted by Gasteiger charge is -2.08. The Morgan fingerprint density at radius 1 is 1.07 bits per heavy atom. The number of benzene rings is 1. The van der Waals surface area contributed by atoms with Crippen molar-refractivity contribution in [3.63, 3.8) is 0 Å². The summed E-state index contributed by atoms with van der Waals surface area (Å²) in [6.07, 6.45) is 5.08. The normalized spacial score (nSPS) is 11.2. The second kappa shape index (κ2) is 8.29. The Bertz CT molecular complexity index is 1270. The summed E-state index contributed by atoms with van der Waals surface area (Å²) in [5, 5.41) is 17.2. The highest BCUT2D eigenvalue weighted by Gasteiger charge is 2.19. The Kier molecular flexibility index (Phi) is 5.41. The summed E-state index contributed by atoms with van der Waals surface area (Å²) in [5.74, 6) is 1.84. The summed E-state index contributed by atoms with van der Waals surface area (Å²) in [4.78, 5) is 13.3. The van der Waals surface area contributed by atoms with Gasteiger partial charge in [-0.3, -0.25) is 0 Å². The topological polar surface area (TPSA) is 101 Å². The zero-order valence-corrected chi connectivity index (χ0v) is 16.5. The number of nitrogens with one attached hydrogen (secondary N) is 2. The minimum atomic E-state index is 0.474. The van der Waals surface area contributed by atoms with Gasteiger partial charge < -0.3 is 10.6 Å². The maximum atomic E-state index is 8.82. The van der Waals surface area contributed by atoms with Crippen LogP contribution in [0.1, 0.15) is 5.56 Å². The molecule has 0 atom stereocenters. The molecule has 3 heterocycles. The highest BCUT2D eigenvalue weighted by atomic mass is 35.5. The Morgan fingerprint density at radius 2 is 1.93 bits per heavy atom. The Morgan fingerprint density at radius 3 is 2.69 bits per heavy atom. The van der Waals surface area contributed by atoms with Gasteiger partial charge in [0.05, 0.1) is 16.1 Å². The molecule has 0 aliphatic carbocycles. The molecule has 2 aromatic heterocycles. The zero-order chi connectivity index (χ0) is 20.2. The molecule has 3 aromatic rings. The largest absolute Gasteiger partial charge is 0.428 e. The first-order chi connectivity index (χ1) is 14.1. The van der Waals surface area contributed by atoms with Crippen molar-refractivity contribution in [3.8, 4) is 17.5 Å². The molecular formula is C20H14Cl2N7+. The van der Waals surface area contributed by atoms with E-state index in [4.69, 9.17) is 28.5 Å². The fourth-order valence-electron chi connectivity index (χ4n) is 2.75. The number of hydrogen-bond donors (Lipinski definition) is 2. The van der Waals surface area contributed by atoms with Gasteiger partial charge in [0, 0.05) is 30.4 Å². The van der Waals surface area contributed by atoms with Crippen molar-refractivity contribution in [1.82, 2.24) is 19.6 Å². The Labute approximate surface area is 176 Å². The van der Waals surface area contributed by atoms with Crippen molar-refractivity contribution in [3.05, 3.63) is 62.8 Å². The van der Waals surface area contributed by atoms with Crippen LogP contribution >= 0.6 is 23.2 Å². The monoisotopic (exact) mass is 422 g/mol. The molecule has 4 rings (SSSR count). The molecule has 7 nitrogen and oxygen atoms in total. The van der Waals surface area contributed by atoms with E-state index in [0.717, 1.165) is 5.22 Å². The first kappa shape index (κ1) is 18.9. The van der Waals surface area contributed by atoms with Gasteiger partial charge in [0.25, 0.3) is 5.82 Å². The van der Waals surface area contributed by atoms with E-state index in [0.29, 0.717) is 57.2 Å². The average Bonchev–Trinajstić information content (AvgIpc) is 3.20. The van der Waals surface area contributed by atoms with E-state index < -0.39 is 0 Å². The number of anilines is 2. The quantitative estimate of drug-likeness (QED) is 0.463. The summed E-state index contributed by atoms with van der Waals surface area (Å²) in [6, 6.07) is 10.7. The van der Waals surface area contributed by atoms with Crippen LogP contribution in [-0.2, 0) is 0 Å². The molecular weight excluding hydrogens is 409 g/mol. The van der Waals surface area contributed by atoms with Gasteiger partial charge >= 0.3 is 5.49 Å². The molecule has 0 saturated heterocycles. The van der Waals surface area contributed by atoms with Crippen LogP contribution in [0.3, 0.4) is 0 Å². The van der Waals surface area contributed by atoms with Gasteiger partial charge in [0.1, 0.15) is 22.9 Å². The minimum absolute atomic E-state index is 0.474. The number of halogens is 2. The van der Waals surface area contributed by atoms with Crippen LogP contribution in [0, 0.1) is 11.3 Å². The lowest BCUT2D eigenvalue weighted by atomic mass is 10.2. The Hall–Kier alpha value is -3.43. The van der Waals surface area contributed by atoms with Crippen molar-refractivity contribution in [2.75, 3.05) is 23.7 Å². The number of pyridine rings is 1. The van der Waals surface area contributed by atoms with Crippen LogP contribution in [-0.4, -0.2) is 34.3 Å². The third-order valence-corrected chi connectivity index (χ3v) is 4.70. The SMILES string of the molecule is N#Cc1ccc(NCCNc2nc(-c3ccc(Cl)cc3Cl)nc3c2=CC=[N+]=3)nc1. The number of fused-ring (bicyclic) bond motifs is 1.